The maximum atomic E-state index is 15.0. The Morgan fingerprint density at radius 1 is 0.950 bits per heavy atom. The van der Waals surface area contributed by atoms with Crippen molar-refractivity contribution in [3.05, 3.63) is 60.2 Å². The molecule has 3 heterocycles. The van der Waals surface area contributed by atoms with Gasteiger partial charge in [0.15, 0.2) is 0 Å². The summed E-state index contributed by atoms with van der Waals surface area (Å²) in [7, 11) is 0. The first-order valence-corrected chi connectivity index (χ1v) is 15.2. The second kappa shape index (κ2) is 13.5. The van der Waals surface area contributed by atoms with Gasteiger partial charge in [0.1, 0.15) is 5.82 Å². The van der Waals surface area contributed by atoms with Crippen molar-refractivity contribution in [3.8, 4) is 11.1 Å². The molecule has 0 spiro atoms. The highest BCUT2D eigenvalue weighted by Crippen LogP contribution is 2.53. The SMILES string of the molecule is C=C(c1ccc(-c2ccc(CCC3CCN(CC4(C(F)(F)F)CCC4)CC3)c(F)c2)cn1)N1CCCCC1.CC. The van der Waals surface area contributed by atoms with E-state index in [0.29, 0.717) is 37.4 Å². The van der Waals surface area contributed by atoms with Gasteiger partial charge in [-0.1, -0.05) is 45.0 Å². The minimum absolute atomic E-state index is 0.140. The summed E-state index contributed by atoms with van der Waals surface area (Å²) in [5.74, 6) is 0.220. The Labute approximate surface area is 237 Å². The first kappa shape index (κ1) is 30.5. The van der Waals surface area contributed by atoms with E-state index in [2.05, 4.69) is 16.5 Å². The molecule has 1 aromatic heterocycles. The Bertz CT molecular complexity index is 1090. The van der Waals surface area contributed by atoms with Gasteiger partial charge in [0.25, 0.3) is 0 Å². The van der Waals surface area contributed by atoms with Crippen LogP contribution in [0.3, 0.4) is 0 Å². The number of hydrogen-bond donors (Lipinski definition) is 0. The van der Waals surface area contributed by atoms with Gasteiger partial charge in [0.05, 0.1) is 16.8 Å². The zero-order valence-corrected chi connectivity index (χ0v) is 24.2. The van der Waals surface area contributed by atoms with Gasteiger partial charge in [-0.05, 0) is 100 Å². The first-order chi connectivity index (χ1) is 19.2. The second-order valence-electron chi connectivity index (χ2n) is 11.6. The molecule has 3 aliphatic rings. The van der Waals surface area contributed by atoms with Gasteiger partial charge in [0.2, 0.25) is 0 Å². The largest absolute Gasteiger partial charge is 0.395 e. The second-order valence-corrected chi connectivity index (χ2v) is 11.6. The Morgan fingerprint density at radius 2 is 1.62 bits per heavy atom. The molecule has 1 aromatic carbocycles. The Kier molecular flexibility index (Phi) is 10.3. The summed E-state index contributed by atoms with van der Waals surface area (Å²) in [6.07, 6.45) is 5.81. The lowest BCUT2D eigenvalue weighted by molar-refractivity contribution is -0.256. The van der Waals surface area contributed by atoms with Crippen LogP contribution in [0.1, 0.15) is 82.9 Å². The minimum Gasteiger partial charge on any atom is -0.370 e. The number of halogens is 4. The van der Waals surface area contributed by atoms with E-state index in [1.165, 1.54) is 19.3 Å². The lowest BCUT2D eigenvalue weighted by Crippen LogP contribution is -2.53. The van der Waals surface area contributed by atoms with Crippen LogP contribution in [0.15, 0.2) is 43.1 Å². The number of nitrogens with zero attached hydrogens (tertiary/aromatic N) is 3. The van der Waals surface area contributed by atoms with Crippen molar-refractivity contribution in [1.82, 2.24) is 14.8 Å². The zero-order chi connectivity index (χ0) is 28.8. The van der Waals surface area contributed by atoms with E-state index in [-0.39, 0.29) is 25.2 Å². The van der Waals surface area contributed by atoms with Gasteiger partial charge in [-0.25, -0.2) is 4.39 Å². The summed E-state index contributed by atoms with van der Waals surface area (Å²) in [4.78, 5) is 8.89. The van der Waals surface area contributed by atoms with Crippen LogP contribution in [-0.2, 0) is 6.42 Å². The van der Waals surface area contributed by atoms with Crippen molar-refractivity contribution in [2.24, 2.45) is 11.3 Å². The molecule has 3 nitrogen and oxygen atoms in total. The normalized spacial score (nSPS) is 19.9. The summed E-state index contributed by atoms with van der Waals surface area (Å²) in [6.45, 7) is 11.8. The molecule has 0 unspecified atom stereocenters. The molecule has 1 aliphatic carbocycles. The van der Waals surface area contributed by atoms with Crippen molar-refractivity contribution in [1.29, 1.82) is 0 Å². The average molecular weight is 560 g/mol. The maximum absolute atomic E-state index is 15.0. The molecule has 7 heteroatoms. The van der Waals surface area contributed by atoms with Crippen molar-refractivity contribution in [2.75, 3.05) is 32.7 Å². The van der Waals surface area contributed by atoms with Gasteiger partial charge in [-0.2, -0.15) is 13.2 Å². The highest BCUT2D eigenvalue weighted by molar-refractivity contribution is 5.66. The predicted octanol–water partition coefficient (Wildman–Crippen LogP) is 8.75. The molecule has 5 rings (SSSR count). The van der Waals surface area contributed by atoms with E-state index in [4.69, 9.17) is 0 Å². The van der Waals surface area contributed by atoms with Crippen LogP contribution in [-0.4, -0.2) is 53.7 Å². The van der Waals surface area contributed by atoms with Gasteiger partial charge in [0, 0.05) is 31.4 Å². The smallest absolute Gasteiger partial charge is 0.370 e. The van der Waals surface area contributed by atoms with Crippen LogP contribution < -0.4 is 0 Å². The molecular weight excluding hydrogens is 514 g/mol. The van der Waals surface area contributed by atoms with Crippen LogP contribution in [0.25, 0.3) is 16.8 Å². The number of rotatable bonds is 8. The molecule has 1 saturated carbocycles. The van der Waals surface area contributed by atoms with E-state index in [1.807, 2.05) is 43.0 Å². The summed E-state index contributed by atoms with van der Waals surface area (Å²) >= 11 is 0. The van der Waals surface area contributed by atoms with E-state index in [0.717, 1.165) is 54.9 Å². The van der Waals surface area contributed by atoms with E-state index < -0.39 is 11.6 Å². The highest BCUT2D eigenvalue weighted by Gasteiger charge is 2.58. The molecule has 0 N–H and O–H groups in total. The molecule has 3 fully saturated rings. The maximum Gasteiger partial charge on any atom is 0.395 e. The molecule has 0 amide bonds. The van der Waals surface area contributed by atoms with Gasteiger partial charge in [-0.15, -0.1) is 0 Å². The van der Waals surface area contributed by atoms with E-state index in [1.54, 1.807) is 12.3 Å². The lowest BCUT2D eigenvalue weighted by Gasteiger charge is -2.47. The predicted molar refractivity (Wildman–Crippen MR) is 155 cm³/mol. The third-order valence-electron chi connectivity index (χ3n) is 9.15. The standard InChI is InChI=1S/C31H39F4N3.C2H6/c1-23(38-16-3-2-4-17-38)29-11-10-27(21-36-29)26-9-8-25(28(32)20-26)7-6-24-12-18-37(19-13-24)22-30(14-5-15-30)31(33,34)35;1-2/h8-11,20-21,24H,1-7,12-19,22H2;1-2H3. The number of aryl methyl sites for hydroxylation is 1. The molecule has 0 bridgehead atoms. The fourth-order valence-electron chi connectivity index (χ4n) is 6.35. The van der Waals surface area contributed by atoms with Crippen molar-refractivity contribution in [3.63, 3.8) is 0 Å². The first-order valence-electron chi connectivity index (χ1n) is 15.2. The number of alkyl halides is 3. The molecule has 2 aromatic rings. The van der Waals surface area contributed by atoms with Crippen molar-refractivity contribution >= 4 is 5.70 Å². The number of hydrogen-bond acceptors (Lipinski definition) is 3. The van der Waals surface area contributed by atoms with Crippen LogP contribution >= 0.6 is 0 Å². The quantitative estimate of drug-likeness (QED) is 0.302. The molecule has 2 aliphatic heterocycles. The Balaban J connectivity index is 0.00000181. The van der Waals surface area contributed by atoms with Crippen LogP contribution in [0.2, 0.25) is 0 Å². The monoisotopic (exact) mass is 559 g/mol. The third-order valence-corrected chi connectivity index (χ3v) is 9.15. The van der Waals surface area contributed by atoms with Crippen LogP contribution in [0.4, 0.5) is 17.6 Å². The minimum atomic E-state index is -4.11. The molecule has 2 saturated heterocycles. The van der Waals surface area contributed by atoms with Crippen molar-refractivity contribution < 1.29 is 17.6 Å². The summed E-state index contributed by atoms with van der Waals surface area (Å²) in [6, 6.07) is 9.35. The average Bonchev–Trinajstić information content (AvgIpc) is 2.95. The number of likely N-dealkylation sites (tertiary alicyclic amines) is 2. The highest BCUT2D eigenvalue weighted by atomic mass is 19.4. The zero-order valence-electron chi connectivity index (χ0n) is 24.2. The molecule has 40 heavy (non-hydrogen) atoms. The fraction of sp³-hybridized carbons (Fsp3) is 0.606. The summed E-state index contributed by atoms with van der Waals surface area (Å²) < 4.78 is 55.5. The molecular formula is C33H45F4N3. The fourth-order valence-corrected chi connectivity index (χ4v) is 6.35. The van der Waals surface area contributed by atoms with Crippen molar-refractivity contribution in [2.45, 2.75) is 84.2 Å². The summed E-state index contributed by atoms with van der Waals surface area (Å²) in [5, 5.41) is 0. The summed E-state index contributed by atoms with van der Waals surface area (Å²) in [5.41, 5.74) is 2.70. The van der Waals surface area contributed by atoms with Crippen LogP contribution in [0, 0.1) is 17.2 Å². The third kappa shape index (κ3) is 7.07. The van der Waals surface area contributed by atoms with Gasteiger partial charge >= 0.3 is 6.18 Å². The number of benzene rings is 1. The molecule has 220 valence electrons. The number of aromatic nitrogens is 1. The molecule has 0 radical (unpaired) electrons. The molecule has 0 atom stereocenters. The topological polar surface area (TPSA) is 19.4 Å². The Morgan fingerprint density at radius 3 is 2.17 bits per heavy atom. The number of pyridine rings is 1. The van der Waals surface area contributed by atoms with Gasteiger partial charge in [-0.3, -0.25) is 4.98 Å². The number of piperidine rings is 2. The van der Waals surface area contributed by atoms with Gasteiger partial charge < -0.3 is 9.80 Å². The van der Waals surface area contributed by atoms with E-state index >= 15 is 0 Å². The lowest BCUT2D eigenvalue weighted by atomic mass is 9.67. The Hall–Kier alpha value is -2.41. The van der Waals surface area contributed by atoms with E-state index in [9.17, 15) is 17.6 Å². The van der Waals surface area contributed by atoms with Crippen LogP contribution in [0.5, 0.6) is 0 Å².